The molecule has 0 aliphatic rings. The predicted octanol–water partition coefficient (Wildman–Crippen LogP) is 0.735. The number of carbonyl (C=O) groups is 2. The molecule has 0 aliphatic carbocycles. The summed E-state index contributed by atoms with van der Waals surface area (Å²) in [5.41, 5.74) is 4.89. The molecule has 0 unspecified atom stereocenters. The van der Waals surface area contributed by atoms with E-state index in [-0.39, 0.29) is 5.84 Å². The Hall–Kier alpha value is -1.79. The lowest BCUT2D eigenvalue weighted by molar-refractivity contribution is -0.140. The van der Waals surface area contributed by atoms with Gasteiger partial charge in [-0.05, 0) is 27.7 Å². The standard InChI is InChI=1S/C10H19N3O4/c1-6(8(11)13-17-7(2)14)12-9(15)16-10(3,4)5/h6H,1-5H3,(H2,11,13)(H,12,15)/t6-/m0/s1. The smallest absolute Gasteiger partial charge is 0.408 e. The molecule has 17 heavy (non-hydrogen) atoms. The van der Waals surface area contributed by atoms with E-state index in [1.165, 1.54) is 6.92 Å². The third kappa shape index (κ3) is 8.06. The SMILES string of the molecule is CC(=O)O/N=C(\N)[C@H](C)NC(=O)OC(C)(C)C. The van der Waals surface area contributed by atoms with Crippen LogP contribution in [0.15, 0.2) is 5.16 Å². The molecule has 0 saturated carbocycles. The maximum atomic E-state index is 11.4. The number of nitrogens with two attached hydrogens (primary N) is 1. The first kappa shape index (κ1) is 15.2. The fraction of sp³-hybridized carbons (Fsp3) is 0.700. The van der Waals surface area contributed by atoms with Crippen LogP contribution in [0.3, 0.4) is 0 Å². The lowest BCUT2D eigenvalue weighted by Gasteiger charge is -2.21. The van der Waals surface area contributed by atoms with Crippen LogP contribution in [0.4, 0.5) is 4.79 Å². The van der Waals surface area contributed by atoms with Crippen LogP contribution in [0.1, 0.15) is 34.6 Å². The van der Waals surface area contributed by atoms with Gasteiger partial charge < -0.3 is 20.6 Å². The molecule has 0 spiro atoms. The van der Waals surface area contributed by atoms with Crippen molar-refractivity contribution in [3.05, 3.63) is 0 Å². The molecule has 0 aromatic rings. The number of amidine groups is 1. The van der Waals surface area contributed by atoms with Crippen LogP contribution in [-0.4, -0.2) is 29.5 Å². The third-order valence-corrected chi connectivity index (χ3v) is 1.46. The number of amides is 1. The molecule has 98 valence electrons. The van der Waals surface area contributed by atoms with Gasteiger partial charge in [0.2, 0.25) is 0 Å². The van der Waals surface area contributed by atoms with E-state index in [1.807, 2.05) is 0 Å². The van der Waals surface area contributed by atoms with Crippen molar-refractivity contribution < 1.29 is 19.2 Å². The van der Waals surface area contributed by atoms with Gasteiger partial charge in [0.25, 0.3) is 0 Å². The quantitative estimate of drug-likeness (QED) is 0.330. The molecule has 0 fully saturated rings. The van der Waals surface area contributed by atoms with Gasteiger partial charge in [-0.25, -0.2) is 9.59 Å². The first-order valence-electron chi connectivity index (χ1n) is 5.12. The van der Waals surface area contributed by atoms with Crippen LogP contribution < -0.4 is 11.1 Å². The molecule has 7 nitrogen and oxygen atoms in total. The molecule has 0 bridgehead atoms. The van der Waals surface area contributed by atoms with Gasteiger partial charge in [0.1, 0.15) is 5.60 Å². The van der Waals surface area contributed by atoms with Crippen molar-refractivity contribution in [3.63, 3.8) is 0 Å². The van der Waals surface area contributed by atoms with Gasteiger partial charge >= 0.3 is 12.1 Å². The fourth-order valence-corrected chi connectivity index (χ4v) is 0.754. The van der Waals surface area contributed by atoms with Gasteiger partial charge in [0.05, 0.1) is 6.04 Å². The van der Waals surface area contributed by atoms with Crippen molar-refractivity contribution in [1.82, 2.24) is 5.32 Å². The molecular formula is C10H19N3O4. The average Bonchev–Trinajstić information content (AvgIpc) is 2.10. The van der Waals surface area contributed by atoms with Crippen molar-refractivity contribution in [1.29, 1.82) is 0 Å². The summed E-state index contributed by atoms with van der Waals surface area (Å²) < 4.78 is 5.02. The van der Waals surface area contributed by atoms with Crippen LogP contribution in [0.5, 0.6) is 0 Å². The highest BCUT2D eigenvalue weighted by Crippen LogP contribution is 2.06. The van der Waals surface area contributed by atoms with E-state index in [1.54, 1.807) is 27.7 Å². The van der Waals surface area contributed by atoms with Gasteiger partial charge in [0, 0.05) is 6.92 Å². The molecule has 0 aromatic heterocycles. The van der Waals surface area contributed by atoms with Gasteiger partial charge in [-0.2, -0.15) is 0 Å². The van der Waals surface area contributed by atoms with Crippen molar-refractivity contribution in [2.45, 2.75) is 46.3 Å². The summed E-state index contributed by atoms with van der Waals surface area (Å²) in [7, 11) is 0. The molecule has 7 heteroatoms. The lowest BCUT2D eigenvalue weighted by atomic mass is 10.2. The van der Waals surface area contributed by atoms with Gasteiger partial charge in [-0.3, -0.25) is 0 Å². The van der Waals surface area contributed by atoms with Gasteiger partial charge in [-0.1, -0.05) is 5.16 Å². The second-order valence-corrected chi connectivity index (χ2v) is 4.47. The maximum absolute atomic E-state index is 11.4. The number of oxime groups is 1. The zero-order chi connectivity index (χ0) is 13.6. The number of hydrogen-bond acceptors (Lipinski definition) is 5. The molecule has 0 radical (unpaired) electrons. The van der Waals surface area contributed by atoms with E-state index in [4.69, 9.17) is 10.5 Å². The Balaban J connectivity index is 4.25. The normalized spacial score (nSPS) is 13.8. The minimum absolute atomic E-state index is 0.0222. The second-order valence-electron chi connectivity index (χ2n) is 4.47. The molecule has 3 N–H and O–H groups in total. The van der Waals surface area contributed by atoms with Crippen LogP contribution in [-0.2, 0) is 14.4 Å². The maximum Gasteiger partial charge on any atom is 0.408 e. The zero-order valence-corrected chi connectivity index (χ0v) is 10.7. The molecule has 0 aromatic carbocycles. The first-order chi connectivity index (χ1) is 7.61. The Morgan fingerprint density at radius 3 is 2.29 bits per heavy atom. The van der Waals surface area contributed by atoms with Gasteiger partial charge in [-0.15, -0.1) is 0 Å². The Morgan fingerprint density at radius 2 is 1.88 bits per heavy atom. The predicted molar refractivity (Wildman–Crippen MR) is 62.2 cm³/mol. The minimum Gasteiger partial charge on any atom is -0.444 e. The number of rotatable bonds is 3. The fourth-order valence-electron chi connectivity index (χ4n) is 0.754. The number of nitrogens with one attached hydrogen (secondary N) is 1. The second kappa shape index (κ2) is 6.07. The molecule has 1 amide bonds. The van der Waals surface area contributed by atoms with E-state index in [0.717, 1.165) is 0 Å². The van der Waals surface area contributed by atoms with E-state index in [0.29, 0.717) is 0 Å². The Morgan fingerprint density at radius 1 is 1.35 bits per heavy atom. The topological polar surface area (TPSA) is 103 Å². The summed E-state index contributed by atoms with van der Waals surface area (Å²) in [6, 6.07) is -0.593. The van der Waals surface area contributed by atoms with E-state index >= 15 is 0 Å². The van der Waals surface area contributed by atoms with Crippen molar-refractivity contribution in [2.24, 2.45) is 10.9 Å². The summed E-state index contributed by atoms with van der Waals surface area (Å²) in [5, 5.41) is 5.80. The van der Waals surface area contributed by atoms with Crippen LogP contribution in [0.2, 0.25) is 0 Å². The van der Waals surface area contributed by atoms with Crippen molar-refractivity contribution in [3.8, 4) is 0 Å². The van der Waals surface area contributed by atoms with Gasteiger partial charge in [0.15, 0.2) is 5.84 Å². The zero-order valence-electron chi connectivity index (χ0n) is 10.7. The summed E-state index contributed by atoms with van der Waals surface area (Å²) in [5.74, 6) is -0.608. The summed E-state index contributed by atoms with van der Waals surface area (Å²) in [6.07, 6.45) is -0.619. The number of ether oxygens (including phenoxy) is 1. The largest absolute Gasteiger partial charge is 0.444 e. The highest BCUT2D eigenvalue weighted by atomic mass is 16.7. The molecule has 1 atom stereocenters. The Bertz CT molecular complexity index is 320. The number of hydrogen-bond donors (Lipinski definition) is 2. The number of carbonyl (C=O) groups excluding carboxylic acids is 2. The number of nitrogens with zero attached hydrogens (tertiary/aromatic N) is 1. The average molecular weight is 245 g/mol. The third-order valence-electron chi connectivity index (χ3n) is 1.46. The monoisotopic (exact) mass is 245 g/mol. The van der Waals surface area contributed by atoms with E-state index in [9.17, 15) is 9.59 Å². The van der Waals surface area contributed by atoms with E-state index in [2.05, 4.69) is 15.3 Å². The molecule has 0 saturated heterocycles. The van der Waals surface area contributed by atoms with Crippen LogP contribution >= 0.6 is 0 Å². The van der Waals surface area contributed by atoms with Crippen molar-refractivity contribution >= 4 is 17.9 Å². The molecule has 0 rings (SSSR count). The Kier molecular flexibility index (Phi) is 5.43. The van der Waals surface area contributed by atoms with Crippen LogP contribution in [0.25, 0.3) is 0 Å². The summed E-state index contributed by atoms with van der Waals surface area (Å²) in [4.78, 5) is 26.2. The first-order valence-corrected chi connectivity index (χ1v) is 5.12. The van der Waals surface area contributed by atoms with Crippen LogP contribution in [0, 0.1) is 0 Å². The minimum atomic E-state index is -0.619. The molecule has 0 heterocycles. The summed E-state index contributed by atoms with van der Waals surface area (Å²) >= 11 is 0. The van der Waals surface area contributed by atoms with Crippen molar-refractivity contribution in [2.75, 3.05) is 0 Å². The molecular weight excluding hydrogens is 226 g/mol. The molecule has 0 aliphatic heterocycles. The Labute approximate surface area is 100 Å². The highest BCUT2D eigenvalue weighted by Gasteiger charge is 2.19. The highest BCUT2D eigenvalue weighted by molar-refractivity contribution is 5.88. The number of alkyl carbamates (subject to hydrolysis) is 1. The lowest BCUT2D eigenvalue weighted by Crippen LogP contribution is -2.44. The summed E-state index contributed by atoms with van der Waals surface area (Å²) in [6.45, 7) is 8.02. The van der Waals surface area contributed by atoms with E-state index < -0.39 is 23.7 Å².